The van der Waals surface area contributed by atoms with E-state index in [9.17, 15) is 4.79 Å². The second-order valence-electron chi connectivity index (χ2n) is 5.95. The van der Waals surface area contributed by atoms with Crippen LogP contribution in [-0.2, 0) is 20.7 Å². The molecule has 1 atom stereocenters. The van der Waals surface area contributed by atoms with E-state index in [1.165, 1.54) is 5.69 Å². The minimum absolute atomic E-state index is 0.175. The van der Waals surface area contributed by atoms with Gasteiger partial charge in [0.1, 0.15) is 0 Å². The summed E-state index contributed by atoms with van der Waals surface area (Å²) in [5, 5.41) is 0. The SMILES string of the molecule is CC1COCCN1C(=O)Cc1ccc(N2CCOCC2)cc1. The Morgan fingerprint density at radius 2 is 1.77 bits per heavy atom. The molecular formula is C17H24N2O3. The van der Waals surface area contributed by atoms with E-state index >= 15 is 0 Å². The van der Waals surface area contributed by atoms with Gasteiger partial charge in [-0.15, -0.1) is 0 Å². The quantitative estimate of drug-likeness (QED) is 0.844. The number of anilines is 1. The Labute approximate surface area is 131 Å². The van der Waals surface area contributed by atoms with E-state index in [-0.39, 0.29) is 11.9 Å². The Hall–Kier alpha value is -1.59. The zero-order chi connectivity index (χ0) is 15.4. The van der Waals surface area contributed by atoms with Crippen LogP contribution >= 0.6 is 0 Å². The third-order valence-corrected chi connectivity index (χ3v) is 4.36. The number of benzene rings is 1. The van der Waals surface area contributed by atoms with E-state index in [1.54, 1.807) is 0 Å². The second-order valence-corrected chi connectivity index (χ2v) is 5.95. The van der Waals surface area contributed by atoms with Crippen LogP contribution in [0.5, 0.6) is 0 Å². The number of ether oxygens (including phenoxy) is 2. The van der Waals surface area contributed by atoms with Crippen molar-refractivity contribution in [1.29, 1.82) is 0 Å². The van der Waals surface area contributed by atoms with Crippen LogP contribution in [0.4, 0.5) is 5.69 Å². The predicted molar refractivity (Wildman–Crippen MR) is 85.2 cm³/mol. The summed E-state index contributed by atoms with van der Waals surface area (Å²) in [5.41, 5.74) is 2.28. The van der Waals surface area contributed by atoms with Gasteiger partial charge in [0.2, 0.25) is 5.91 Å². The summed E-state index contributed by atoms with van der Waals surface area (Å²) in [6.45, 7) is 7.47. The summed E-state index contributed by atoms with van der Waals surface area (Å²) < 4.78 is 10.8. The molecule has 2 fully saturated rings. The van der Waals surface area contributed by atoms with E-state index in [2.05, 4.69) is 29.2 Å². The molecule has 22 heavy (non-hydrogen) atoms. The zero-order valence-corrected chi connectivity index (χ0v) is 13.2. The highest BCUT2D eigenvalue weighted by molar-refractivity contribution is 5.79. The number of hydrogen-bond acceptors (Lipinski definition) is 4. The number of amides is 1. The summed E-state index contributed by atoms with van der Waals surface area (Å²) in [6, 6.07) is 8.52. The molecule has 0 aliphatic carbocycles. The average Bonchev–Trinajstić information content (AvgIpc) is 2.57. The highest BCUT2D eigenvalue weighted by atomic mass is 16.5. The molecule has 120 valence electrons. The monoisotopic (exact) mass is 304 g/mol. The molecular weight excluding hydrogens is 280 g/mol. The lowest BCUT2D eigenvalue weighted by Gasteiger charge is -2.33. The third kappa shape index (κ3) is 3.59. The molecule has 0 N–H and O–H groups in total. The minimum atomic E-state index is 0.175. The van der Waals surface area contributed by atoms with Crippen LogP contribution in [0.2, 0.25) is 0 Å². The summed E-state index contributed by atoms with van der Waals surface area (Å²) >= 11 is 0. The first-order valence-corrected chi connectivity index (χ1v) is 8.03. The minimum Gasteiger partial charge on any atom is -0.378 e. The van der Waals surface area contributed by atoms with Crippen molar-refractivity contribution in [3.05, 3.63) is 29.8 Å². The molecule has 1 aromatic rings. The van der Waals surface area contributed by atoms with Crippen LogP contribution in [0.3, 0.4) is 0 Å². The maximum atomic E-state index is 12.4. The van der Waals surface area contributed by atoms with Crippen molar-refractivity contribution in [3.63, 3.8) is 0 Å². The molecule has 1 aromatic carbocycles. The van der Waals surface area contributed by atoms with Crippen molar-refractivity contribution in [1.82, 2.24) is 4.90 Å². The van der Waals surface area contributed by atoms with Crippen molar-refractivity contribution in [2.24, 2.45) is 0 Å². The van der Waals surface area contributed by atoms with Crippen LogP contribution in [0.1, 0.15) is 12.5 Å². The summed E-state index contributed by atoms with van der Waals surface area (Å²) in [7, 11) is 0. The Morgan fingerprint density at radius 3 is 2.45 bits per heavy atom. The van der Waals surface area contributed by atoms with E-state index < -0.39 is 0 Å². The average molecular weight is 304 g/mol. The molecule has 2 aliphatic heterocycles. The first-order chi connectivity index (χ1) is 10.7. The highest BCUT2D eigenvalue weighted by Gasteiger charge is 2.23. The summed E-state index contributed by atoms with van der Waals surface area (Å²) in [6.07, 6.45) is 0.466. The molecule has 5 heteroatoms. The predicted octanol–water partition coefficient (Wildman–Crippen LogP) is 1.31. The maximum absolute atomic E-state index is 12.4. The van der Waals surface area contributed by atoms with Crippen LogP contribution in [-0.4, -0.2) is 62.9 Å². The van der Waals surface area contributed by atoms with Gasteiger partial charge in [-0.25, -0.2) is 0 Å². The topological polar surface area (TPSA) is 42.0 Å². The lowest BCUT2D eigenvalue weighted by Crippen LogP contribution is -2.47. The molecule has 2 aliphatic rings. The van der Waals surface area contributed by atoms with Gasteiger partial charge in [-0.1, -0.05) is 12.1 Å². The fraction of sp³-hybridized carbons (Fsp3) is 0.588. The van der Waals surface area contributed by atoms with Gasteiger partial charge >= 0.3 is 0 Å². The zero-order valence-electron chi connectivity index (χ0n) is 13.2. The van der Waals surface area contributed by atoms with Crippen molar-refractivity contribution in [3.8, 4) is 0 Å². The fourth-order valence-electron chi connectivity index (χ4n) is 3.02. The Balaban J connectivity index is 1.59. The third-order valence-electron chi connectivity index (χ3n) is 4.36. The van der Waals surface area contributed by atoms with Gasteiger partial charge in [0.25, 0.3) is 0 Å². The molecule has 0 saturated carbocycles. The number of rotatable bonds is 3. The van der Waals surface area contributed by atoms with Gasteiger partial charge in [-0.3, -0.25) is 4.79 Å². The van der Waals surface area contributed by atoms with Gasteiger partial charge in [0.15, 0.2) is 0 Å². The lowest BCUT2D eigenvalue weighted by molar-refractivity contribution is -0.138. The molecule has 5 nitrogen and oxygen atoms in total. The molecule has 0 aromatic heterocycles. The molecule has 1 unspecified atom stereocenters. The van der Waals surface area contributed by atoms with E-state index in [0.717, 1.165) is 31.9 Å². The Kier molecular flexibility index (Phi) is 4.95. The van der Waals surface area contributed by atoms with E-state index in [1.807, 2.05) is 11.8 Å². The number of nitrogens with zero attached hydrogens (tertiary/aromatic N) is 2. The Morgan fingerprint density at radius 1 is 1.09 bits per heavy atom. The second kappa shape index (κ2) is 7.11. The van der Waals surface area contributed by atoms with Crippen LogP contribution < -0.4 is 4.90 Å². The van der Waals surface area contributed by atoms with Crippen LogP contribution in [0.25, 0.3) is 0 Å². The van der Waals surface area contributed by atoms with Crippen molar-refractivity contribution < 1.29 is 14.3 Å². The molecule has 1 amide bonds. The first kappa shape index (κ1) is 15.3. The van der Waals surface area contributed by atoms with Crippen molar-refractivity contribution >= 4 is 11.6 Å². The molecule has 2 heterocycles. The van der Waals surface area contributed by atoms with Crippen LogP contribution in [0, 0.1) is 0 Å². The molecule has 0 bridgehead atoms. The molecule has 0 radical (unpaired) electrons. The fourth-order valence-corrected chi connectivity index (χ4v) is 3.02. The normalized spacial score (nSPS) is 22.7. The van der Waals surface area contributed by atoms with Gasteiger partial charge in [0.05, 0.1) is 38.9 Å². The van der Waals surface area contributed by atoms with Gasteiger partial charge in [-0.2, -0.15) is 0 Å². The van der Waals surface area contributed by atoms with Gasteiger partial charge in [-0.05, 0) is 24.6 Å². The van der Waals surface area contributed by atoms with E-state index in [4.69, 9.17) is 9.47 Å². The Bertz CT molecular complexity index is 497. The number of carbonyl (C=O) groups excluding carboxylic acids is 1. The van der Waals surface area contributed by atoms with Crippen molar-refractivity contribution in [2.45, 2.75) is 19.4 Å². The van der Waals surface area contributed by atoms with Gasteiger partial charge in [0, 0.05) is 25.3 Å². The summed E-state index contributed by atoms with van der Waals surface area (Å²) in [5.74, 6) is 0.190. The van der Waals surface area contributed by atoms with E-state index in [0.29, 0.717) is 26.2 Å². The maximum Gasteiger partial charge on any atom is 0.227 e. The largest absolute Gasteiger partial charge is 0.378 e. The lowest BCUT2D eigenvalue weighted by atomic mass is 10.1. The standard InChI is InChI=1S/C17H24N2O3/c1-14-13-22-11-8-19(14)17(20)12-15-2-4-16(5-3-15)18-6-9-21-10-7-18/h2-5,14H,6-13H2,1H3. The first-order valence-electron chi connectivity index (χ1n) is 8.03. The molecule has 0 spiro atoms. The highest BCUT2D eigenvalue weighted by Crippen LogP contribution is 2.18. The van der Waals surface area contributed by atoms with Crippen molar-refractivity contribution in [2.75, 3.05) is 51.0 Å². The number of carbonyl (C=O) groups is 1. The van der Waals surface area contributed by atoms with Gasteiger partial charge < -0.3 is 19.3 Å². The molecule has 3 rings (SSSR count). The number of morpholine rings is 2. The molecule has 2 saturated heterocycles. The smallest absolute Gasteiger partial charge is 0.227 e. The summed E-state index contributed by atoms with van der Waals surface area (Å²) in [4.78, 5) is 16.7. The number of hydrogen-bond donors (Lipinski definition) is 0. The van der Waals surface area contributed by atoms with Crippen LogP contribution in [0.15, 0.2) is 24.3 Å².